The summed E-state index contributed by atoms with van der Waals surface area (Å²) in [5.41, 5.74) is 0.958. The second kappa shape index (κ2) is 6.75. The van der Waals surface area contributed by atoms with Gasteiger partial charge in [-0.15, -0.1) is 0 Å². The van der Waals surface area contributed by atoms with E-state index < -0.39 is 0 Å². The molecule has 1 aromatic rings. The first kappa shape index (κ1) is 15.0. The molecule has 17 heavy (non-hydrogen) atoms. The lowest BCUT2D eigenvalue weighted by Crippen LogP contribution is -2.24. The van der Waals surface area contributed by atoms with Gasteiger partial charge in [-0.2, -0.15) is 0 Å². The van der Waals surface area contributed by atoms with Gasteiger partial charge in [-0.1, -0.05) is 15.9 Å². The van der Waals surface area contributed by atoms with E-state index in [0.717, 1.165) is 19.1 Å². The third-order valence-corrected chi connectivity index (χ3v) is 3.85. The van der Waals surface area contributed by atoms with Gasteiger partial charge in [0.1, 0.15) is 0 Å². The Hall–Kier alpha value is -0.0700. The molecule has 0 heterocycles. The number of hydrogen-bond donors (Lipinski definition) is 1. The number of carbonyl (C=O) groups is 1. The topological polar surface area (TPSA) is 32.3 Å². The van der Waals surface area contributed by atoms with Gasteiger partial charge in [0, 0.05) is 40.5 Å². The van der Waals surface area contributed by atoms with Gasteiger partial charge < -0.3 is 10.2 Å². The maximum Gasteiger partial charge on any atom is 0.223 e. The smallest absolute Gasteiger partial charge is 0.223 e. The molecule has 6 heteroatoms. The molecule has 1 rings (SSSR count). The first-order chi connectivity index (χ1) is 7.91. The Labute approximate surface area is 126 Å². The number of nitrogens with one attached hydrogen (secondary N) is 1. The molecule has 1 amide bonds. The monoisotopic (exact) mass is 426 g/mol. The SMILES string of the molecule is CN(C)C(=O)CCNc1c(Br)cc(Br)cc1Br. The molecule has 0 aromatic heterocycles. The van der Waals surface area contributed by atoms with Crippen molar-refractivity contribution in [3.63, 3.8) is 0 Å². The molecule has 1 aromatic carbocycles. The number of amides is 1. The average molecular weight is 429 g/mol. The first-order valence-corrected chi connectivity index (χ1v) is 7.38. The second-order valence-electron chi connectivity index (χ2n) is 3.71. The molecule has 0 unspecified atom stereocenters. The lowest BCUT2D eigenvalue weighted by atomic mass is 10.3. The van der Waals surface area contributed by atoms with Crippen LogP contribution >= 0.6 is 47.8 Å². The van der Waals surface area contributed by atoms with Crippen LogP contribution in [0.15, 0.2) is 25.6 Å². The maximum absolute atomic E-state index is 11.4. The molecule has 0 bridgehead atoms. The zero-order chi connectivity index (χ0) is 13.0. The Balaban J connectivity index is 2.61. The van der Waals surface area contributed by atoms with Crippen molar-refractivity contribution in [2.24, 2.45) is 0 Å². The molecule has 0 atom stereocenters. The van der Waals surface area contributed by atoms with E-state index in [2.05, 4.69) is 53.1 Å². The molecule has 0 radical (unpaired) electrons. The molecule has 0 spiro atoms. The molecule has 0 aliphatic carbocycles. The quantitative estimate of drug-likeness (QED) is 0.789. The Morgan fingerprint density at radius 2 is 1.76 bits per heavy atom. The highest BCUT2D eigenvalue weighted by molar-refractivity contribution is 9.11. The molecular weight excluding hydrogens is 416 g/mol. The van der Waals surface area contributed by atoms with Crippen LogP contribution in [0.4, 0.5) is 5.69 Å². The number of benzene rings is 1. The maximum atomic E-state index is 11.4. The van der Waals surface area contributed by atoms with Crippen molar-refractivity contribution in [3.8, 4) is 0 Å². The number of rotatable bonds is 4. The fourth-order valence-electron chi connectivity index (χ4n) is 1.23. The Morgan fingerprint density at radius 3 is 2.24 bits per heavy atom. The Kier molecular flexibility index (Phi) is 5.95. The Morgan fingerprint density at radius 1 is 1.24 bits per heavy atom. The molecular formula is C11H13Br3N2O. The minimum absolute atomic E-state index is 0.113. The predicted octanol–water partition coefficient (Wildman–Crippen LogP) is 3.86. The highest BCUT2D eigenvalue weighted by Crippen LogP contribution is 2.34. The minimum Gasteiger partial charge on any atom is -0.383 e. The highest BCUT2D eigenvalue weighted by atomic mass is 79.9. The van der Waals surface area contributed by atoms with Gasteiger partial charge in [0.15, 0.2) is 0 Å². The zero-order valence-electron chi connectivity index (χ0n) is 9.56. The zero-order valence-corrected chi connectivity index (χ0v) is 14.3. The second-order valence-corrected chi connectivity index (χ2v) is 6.33. The summed E-state index contributed by atoms with van der Waals surface area (Å²) in [6, 6.07) is 3.92. The summed E-state index contributed by atoms with van der Waals surface area (Å²) in [6.07, 6.45) is 0.474. The standard InChI is InChI=1S/C11H13Br3N2O/c1-16(2)10(17)3-4-15-11-8(13)5-7(12)6-9(11)14/h5-6,15H,3-4H2,1-2H3. The van der Waals surface area contributed by atoms with E-state index in [4.69, 9.17) is 0 Å². The molecule has 1 N–H and O–H groups in total. The van der Waals surface area contributed by atoms with Gasteiger partial charge in [0.05, 0.1) is 5.69 Å². The lowest BCUT2D eigenvalue weighted by molar-refractivity contribution is -0.128. The first-order valence-electron chi connectivity index (χ1n) is 5.00. The highest BCUT2D eigenvalue weighted by Gasteiger charge is 2.08. The van der Waals surface area contributed by atoms with Crippen molar-refractivity contribution in [3.05, 3.63) is 25.6 Å². The summed E-state index contributed by atoms with van der Waals surface area (Å²) in [5, 5.41) is 3.23. The van der Waals surface area contributed by atoms with Gasteiger partial charge in [-0.05, 0) is 44.0 Å². The van der Waals surface area contributed by atoms with E-state index in [1.807, 2.05) is 12.1 Å². The van der Waals surface area contributed by atoms with Gasteiger partial charge >= 0.3 is 0 Å². The van der Waals surface area contributed by atoms with Crippen molar-refractivity contribution in [1.82, 2.24) is 4.90 Å². The largest absolute Gasteiger partial charge is 0.383 e. The van der Waals surface area contributed by atoms with Gasteiger partial charge in [-0.25, -0.2) is 0 Å². The van der Waals surface area contributed by atoms with Crippen LogP contribution in [0.5, 0.6) is 0 Å². The van der Waals surface area contributed by atoms with Crippen molar-refractivity contribution < 1.29 is 4.79 Å². The van der Waals surface area contributed by atoms with Crippen molar-refractivity contribution in [2.45, 2.75) is 6.42 Å². The molecule has 94 valence electrons. The van der Waals surface area contributed by atoms with Crippen LogP contribution < -0.4 is 5.32 Å². The molecule has 0 aliphatic rings. The summed E-state index contributed by atoms with van der Waals surface area (Å²) >= 11 is 10.4. The molecule has 0 saturated carbocycles. The van der Waals surface area contributed by atoms with Crippen LogP contribution in [-0.2, 0) is 4.79 Å². The fraction of sp³-hybridized carbons (Fsp3) is 0.364. The third-order valence-electron chi connectivity index (χ3n) is 2.15. The van der Waals surface area contributed by atoms with Gasteiger partial charge in [-0.3, -0.25) is 4.79 Å². The molecule has 0 fully saturated rings. The van der Waals surface area contributed by atoms with Crippen molar-refractivity contribution in [2.75, 3.05) is 26.0 Å². The van der Waals surface area contributed by atoms with E-state index in [1.54, 1.807) is 19.0 Å². The summed E-state index contributed by atoms with van der Waals surface area (Å²) < 4.78 is 2.90. The summed E-state index contributed by atoms with van der Waals surface area (Å²) in [4.78, 5) is 13.0. The van der Waals surface area contributed by atoms with E-state index in [1.165, 1.54) is 0 Å². The molecule has 0 saturated heterocycles. The van der Waals surface area contributed by atoms with Crippen LogP contribution in [0.2, 0.25) is 0 Å². The van der Waals surface area contributed by atoms with Crippen LogP contribution in [0.3, 0.4) is 0 Å². The van der Waals surface area contributed by atoms with Crippen LogP contribution in [0.1, 0.15) is 6.42 Å². The summed E-state index contributed by atoms with van der Waals surface area (Å²) in [7, 11) is 3.52. The number of halogens is 3. The lowest BCUT2D eigenvalue weighted by Gasteiger charge is -2.13. The number of nitrogens with zero attached hydrogens (tertiary/aromatic N) is 1. The summed E-state index contributed by atoms with van der Waals surface area (Å²) in [6.45, 7) is 0.607. The number of hydrogen-bond acceptors (Lipinski definition) is 2. The van der Waals surface area contributed by atoms with Gasteiger partial charge in [0.25, 0.3) is 0 Å². The van der Waals surface area contributed by atoms with Crippen LogP contribution in [0, 0.1) is 0 Å². The van der Waals surface area contributed by atoms with Crippen LogP contribution in [-0.4, -0.2) is 31.4 Å². The number of anilines is 1. The molecule has 3 nitrogen and oxygen atoms in total. The van der Waals surface area contributed by atoms with Crippen molar-refractivity contribution >= 4 is 59.4 Å². The average Bonchev–Trinajstić information content (AvgIpc) is 2.21. The normalized spacial score (nSPS) is 10.2. The van der Waals surface area contributed by atoms with Crippen molar-refractivity contribution in [1.29, 1.82) is 0 Å². The summed E-state index contributed by atoms with van der Waals surface area (Å²) in [5.74, 6) is 0.113. The van der Waals surface area contributed by atoms with E-state index >= 15 is 0 Å². The predicted molar refractivity (Wildman–Crippen MR) is 81.3 cm³/mol. The van der Waals surface area contributed by atoms with Crippen LogP contribution in [0.25, 0.3) is 0 Å². The Bertz CT molecular complexity index is 398. The third kappa shape index (κ3) is 4.60. The van der Waals surface area contributed by atoms with E-state index in [9.17, 15) is 4.79 Å². The molecule has 0 aliphatic heterocycles. The van der Waals surface area contributed by atoms with Gasteiger partial charge in [0.2, 0.25) is 5.91 Å². The minimum atomic E-state index is 0.113. The van der Waals surface area contributed by atoms with E-state index in [-0.39, 0.29) is 5.91 Å². The van der Waals surface area contributed by atoms with E-state index in [0.29, 0.717) is 13.0 Å². The number of carbonyl (C=O) groups excluding carboxylic acids is 1. The fourth-order valence-corrected chi connectivity index (χ4v) is 3.77.